The van der Waals surface area contributed by atoms with Crippen LogP contribution in [0.15, 0.2) is 29.2 Å². The number of halogens is 1. The van der Waals surface area contributed by atoms with E-state index in [9.17, 15) is 17.6 Å². The number of carbonyl (C=O) groups excluding carboxylic acids is 1. The van der Waals surface area contributed by atoms with E-state index in [0.29, 0.717) is 19.5 Å². The van der Waals surface area contributed by atoms with E-state index in [-0.39, 0.29) is 16.8 Å². The number of hydrogen-bond donors (Lipinski definition) is 1. The first-order chi connectivity index (χ1) is 10.6. The van der Waals surface area contributed by atoms with Gasteiger partial charge in [-0.2, -0.15) is 0 Å². The molecule has 1 N–H and O–H groups in total. The molecule has 0 unspecified atom stereocenters. The summed E-state index contributed by atoms with van der Waals surface area (Å²) in [6.45, 7) is 6.50. The summed E-state index contributed by atoms with van der Waals surface area (Å²) in [6, 6.07) is 4.54. The summed E-state index contributed by atoms with van der Waals surface area (Å²) < 4.78 is 40.5. The van der Waals surface area contributed by atoms with Gasteiger partial charge >= 0.3 is 0 Å². The molecular weight excluding hydrogens is 319 g/mol. The Morgan fingerprint density at radius 1 is 1.35 bits per heavy atom. The van der Waals surface area contributed by atoms with Crippen LogP contribution >= 0.6 is 0 Å². The Morgan fingerprint density at radius 2 is 2.04 bits per heavy atom. The van der Waals surface area contributed by atoms with Crippen LogP contribution in [0.1, 0.15) is 33.6 Å². The lowest BCUT2D eigenvalue weighted by Crippen LogP contribution is -2.52. The van der Waals surface area contributed by atoms with Crippen molar-refractivity contribution in [2.75, 3.05) is 13.1 Å². The normalized spacial score (nSPS) is 19.7. The molecule has 2 rings (SSSR count). The number of carbonyl (C=O) groups is 1. The maximum absolute atomic E-state index is 13.2. The first-order valence-corrected chi connectivity index (χ1v) is 9.15. The molecule has 5 nitrogen and oxygen atoms in total. The second kappa shape index (κ2) is 6.57. The predicted molar refractivity (Wildman–Crippen MR) is 85.8 cm³/mol. The minimum absolute atomic E-state index is 0.00662. The van der Waals surface area contributed by atoms with Gasteiger partial charge in [-0.3, -0.25) is 4.79 Å². The zero-order chi connectivity index (χ0) is 17.3. The van der Waals surface area contributed by atoms with Crippen LogP contribution < -0.4 is 4.72 Å². The lowest BCUT2D eigenvalue weighted by Gasteiger charge is -2.36. The molecule has 1 aliphatic heterocycles. The van der Waals surface area contributed by atoms with Gasteiger partial charge < -0.3 is 4.90 Å². The summed E-state index contributed by atoms with van der Waals surface area (Å²) in [5.74, 6) is -0.590. The molecule has 1 saturated heterocycles. The van der Waals surface area contributed by atoms with Crippen molar-refractivity contribution in [3.63, 3.8) is 0 Å². The van der Waals surface area contributed by atoms with E-state index in [1.165, 1.54) is 18.2 Å². The molecule has 0 spiro atoms. The van der Waals surface area contributed by atoms with Crippen LogP contribution in [0.3, 0.4) is 0 Å². The zero-order valence-corrected chi connectivity index (χ0v) is 14.5. The Labute approximate surface area is 136 Å². The van der Waals surface area contributed by atoms with Crippen LogP contribution in [0.25, 0.3) is 0 Å². The first kappa shape index (κ1) is 17.9. The summed E-state index contributed by atoms with van der Waals surface area (Å²) in [5.41, 5.74) is -0.497. The van der Waals surface area contributed by atoms with Gasteiger partial charge in [0.1, 0.15) is 5.82 Å². The average Bonchev–Trinajstić information content (AvgIpc) is 2.45. The molecule has 1 heterocycles. The number of sulfonamides is 1. The molecule has 0 bridgehead atoms. The summed E-state index contributed by atoms with van der Waals surface area (Å²) in [5, 5.41) is 0. The first-order valence-electron chi connectivity index (χ1n) is 7.67. The van der Waals surface area contributed by atoms with Crippen molar-refractivity contribution >= 4 is 15.9 Å². The van der Waals surface area contributed by atoms with E-state index >= 15 is 0 Å². The molecule has 0 aromatic heterocycles. The monoisotopic (exact) mass is 342 g/mol. The quantitative estimate of drug-likeness (QED) is 0.915. The van der Waals surface area contributed by atoms with Crippen LogP contribution in [0.4, 0.5) is 4.39 Å². The van der Waals surface area contributed by atoms with Gasteiger partial charge in [0, 0.05) is 24.5 Å². The molecule has 1 aliphatic rings. The highest BCUT2D eigenvalue weighted by atomic mass is 32.2. The van der Waals surface area contributed by atoms with E-state index in [1.54, 1.807) is 4.90 Å². The molecule has 7 heteroatoms. The fourth-order valence-electron chi connectivity index (χ4n) is 2.65. The van der Waals surface area contributed by atoms with Crippen molar-refractivity contribution in [1.82, 2.24) is 9.62 Å². The molecule has 0 saturated carbocycles. The van der Waals surface area contributed by atoms with Gasteiger partial charge in [0.15, 0.2) is 0 Å². The topological polar surface area (TPSA) is 66.5 Å². The third kappa shape index (κ3) is 4.51. The second-order valence-corrected chi connectivity index (χ2v) is 8.63. The number of amides is 1. The Kier molecular flexibility index (Phi) is 5.10. The van der Waals surface area contributed by atoms with E-state index in [4.69, 9.17) is 0 Å². The van der Waals surface area contributed by atoms with Crippen molar-refractivity contribution in [3.8, 4) is 0 Å². The van der Waals surface area contributed by atoms with Gasteiger partial charge in [-0.25, -0.2) is 17.5 Å². The Hall–Kier alpha value is -1.47. The number of nitrogens with zero attached hydrogens (tertiary/aromatic N) is 1. The molecule has 0 aliphatic carbocycles. The maximum atomic E-state index is 13.2. The smallest absolute Gasteiger partial charge is 0.240 e. The summed E-state index contributed by atoms with van der Waals surface area (Å²) in [4.78, 5) is 13.9. The van der Waals surface area contributed by atoms with Gasteiger partial charge in [0.2, 0.25) is 15.9 Å². The number of benzene rings is 1. The molecule has 1 amide bonds. The second-order valence-electron chi connectivity index (χ2n) is 6.92. The number of hydrogen-bond acceptors (Lipinski definition) is 3. The predicted octanol–water partition coefficient (Wildman–Crippen LogP) is 2.14. The Bertz CT molecular complexity index is 683. The van der Waals surface area contributed by atoms with Crippen LogP contribution in [0.5, 0.6) is 0 Å². The third-order valence-electron chi connectivity index (χ3n) is 3.78. The lowest BCUT2D eigenvalue weighted by molar-refractivity contribution is -0.140. The van der Waals surface area contributed by atoms with Crippen LogP contribution in [-0.2, 0) is 14.8 Å². The van der Waals surface area contributed by atoms with E-state index in [0.717, 1.165) is 12.5 Å². The molecule has 1 aromatic carbocycles. The van der Waals surface area contributed by atoms with Crippen molar-refractivity contribution in [3.05, 3.63) is 30.1 Å². The maximum Gasteiger partial charge on any atom is 0.240 e. The fourth-order valence-corrected chi connectivity index (χ4v) is 3.95. The number of nitrogens with one attached hydrogen (secondary N) is 1. The minimum Gasteiger partial charge on any atom is -0.341 e. The van der Waals surface area contributed by atoms with Crippen molar-refractivity contribution in [1.29, 1.82) is 0 Å². The molecule has 128 valence electrons. The van der Waals surface area contributed by atoms with Crippen molar-refractivity contribution < 1.29 is 17.6 Å². The minimum atomic E-state index is -3.79. The lowest BCUT2D eigenvalue weighted by atomic mass is 9.93. The Morgan fingerprint density at radius 3 is 2.65 bits per heavy atom. The fraction of sp³-hybridized carbons (Fsp3) is 0.562. The molecule has 1 aromatic rings. The number of rotatable bonds is 3. The van der Waals surface area contributed by atoms with Crippen LogP contribution in [0.2, 0.25) is 0 Å². The third-order valence-corrected chi connectivity index (χ3v) is 5.30. The molecule has 1 atom stereocenters. The highest BCUT2D eigenvalue weighted by molar-refractivity contribution is 7.89. The van der Waals surface area contributed by atoms with Crippen LogP contribution in [0, 0.1) is 11.2 Å². The van der Waals surface area contributed by atoms with E-state index in [1.807, 2.05) is 20.8 Å². The highest BCUT2D eigenvalue weighted by Crippen LogP contribution is 2.22. The average molecular weight is 342 g/mol. The summed E-state index contributed by atoms with van der Waals surface area (Å²) in [7, 11) is -3.79. The Balaban J connectivity index is 2.09. The summed E-state index contributed by atoms with van der Waals surface area (Å²) in [6.07, 6.45) is 1.39. The SMILES string of the molecule is CC(C)(C)C(=O)N1CCC[C@H](NS(=O)(=O)c2cccc(F)c2)C1. The van der Waals surface area contributed by atoms with Gasteiger partial charge in [0.25, 0.3) is 0 Å². The molecule has 0 radical (unpaired) electrons. The van der Waals surface area contributed by atoms with Crippen molar-refractivity contribution in [2.45, 2.75) is 44.6 Å². The number of likely N-dealkylation sites (tertiary alicyclic amines) is 1. The standard InChI is InChI=1S/C16H23FN2O3S/c1-16(2,3)15(20)19-9-5-7-13(11-19)18-23(21,22)14-8-4-6-12(17)10-14/h4,6,8,10,13,18H,5,7,9,11H2,1-3H3/t13-/m0/s1. The van der Waals surface area contributed by atoms with E-state index < -0.39 is 21.3 Å². The van der Waals surface area contributed by atoms with Gasteiger partial charge in [-0.15, -0.1) is 0 Å². The molecular formula is C16H23FN2O3S. The number of piperidine rings is 1. The van der Waals surface area contributed by atoms with Gasteiger partial charge in [0.05, 0.1) is 4.90 Å². The van der Waals surface area contributed by atoms with E-state index in [2.05, 4.69) is 4.72 Å². The van der Waals surface area contributed by atoms with Gasteiger partial charge in [-0.05, 0) is 31.0 Å². The van der Waals surface area contributed by atoms with Crippen LogP contribution in [-0.4, -0.2) is 38.4 Å². The van der Waals surface area contributed by atoms with Crippen molar-refractivity contribution in [2.24, 2.45) is 5.41 Å². The molecule has 23 heavy (non-hydrogen) atoms. The largest absolute Gasteiger partial charge is 0.341 e. The van der Waals surface area contributed by atoms with Gasteiger partial charge in [-0.1, -0.05) is 26.8 Å². The highest BCUT2D eigenvalue weighted by Gasteiger charge is 2.32. The molecule has 1 fully saturated rings. The zero-order valence-electron chi connectivity index (χ0n) is 13.7. The summed E-state index contributed by atoms with van der Waals surface area (Å²) >= 11 is 0.